The molecule has 2 aromatic rings. The van der Waals surface area contributed by atoms with Crippen LogP contribution in [0.4, 0.5) is 0 Å². The molecular weight excluding hydrogens is 281 g/mol. The Labute approximate surface area is 98.6 Å². The highest BCUT2D eigenvalue weighted by Crippen LogP contribution is 2.25. The molecule has 15 heavy (non-hydrogen) atoms. The number of rotatable bonds is 1. The van der Waals surface area contributed by atoms with E-state index in [1.165, 1.54) is 6.20 Å². The number of hydrogen-bond acceptors (Lipinski definition) is 3. The molecule has 1 aromatic carbocycles. The highest BCUT2D eigenvalue weighted by Gasteiger charge is 2.07. The molecule has 0 aliphatic rings. The zero-order valence-electron chi connectivity index (χ0n) is 7.37. The minimum absolute atomic E-state index is 0.122. The first-order valence-corrected chi connectivity index (χ1v) is 5.16. The maximum atomic E-state index is 10.9. The number of nitrogens with zero attached hydrogens (tertiary/aromatic N) is 2. The Morgan fingerprint density at radius 3 is 2.87 bits per heavy atom. The van der Waals surface area contributed by atoms with Crippen LogP contribution in [0.5, 0.6) is 0 Å². The van der Waals surface area contributed by atoms with Gasteiger partial charge in [-0.25, -0.2) is 4.98 Å². The van der Waals surface area contributed by atoms with Gasteiger partial charge in [0.15, 0.2) is 0 Å². The third-order valence-electron chi connectivity index (χ3n) is 1.82. The Kier molecular flexibility index (Phi) is 2.58. The van der Waals surface area contributed by atoms with Gasteiger partial charge in [-0.15, -0.1) is 0 Å². The second kappa shape index (κ2) is 3.75. The summed E-state index contributed by atoms with van der Waals surface area (Å²) in [6, 6.07) is 3.34. The molecule has 0 spiro atoms. The van der Waals surface area contributed by atoms with Crippen molar-refractivity contribution in [2.24, 2.45) is 5.73 Å². The molecule has 2 rings (SSSR count). The molecule has 1 amide bonds. The van der Waals surface area contributed by atoms with Crippen LogP contribution in [-0.4, -0.2) is 15.9 Å². The Bertz CT molecular complexity index is 558. The summed E-state index contributed by atoms with van der Waals surface area (Å²) in [6.07, 6.45) is 1.34. The molecule has 0 bridgehead atoms. The first-order chi connectivity index (χ1) is 7.08. The van der Waals surface area contributed by atoms with E-state index in [4.69, 9.17) is 17.3 Å². The van der Waals surface area contributed by atoms with Crippen molar-refractivity contribution in [3.63, 3.8) is 0 Å². The number of benzene rings is 1. The number of carbonyl (C=O) groups is 1. The van der Waals surface area contributed by atoms with Crippen molar-refractivity contribution in [2.45, 2.75) is 0 Å². The number of carbonyl (C=O) groups excluding carboxylic acids is 1. The van der Waals surface area contributed by atoms with E-state index in [-0.39, 0.29) is 5.69 Å². The Morgan fingerprint density at radius 1 is 1.47 bits per heavy atom. The summed E-state index contributed by atoms with van der Waals surface area (Å²) in [4.78, 5) is 19.0. The van der Waals surface area contributed by atoms with E-state index in [2.05, 4.69) is 25.9 Å². The van der Waals surface area contributed by atoms with Crippen molar-refractivity contribution < 1.29 is 4.79 Å². The molecule has 1 heterocycles. The van der Waals surface area contributed by atoms with Gasteiger partial charge in [-0.05, 0) is 28.1 Å². The third-order valence-corrected chi connectivity index (χ3v) is 2.64. The second-order valence-corrected chi connectivity index (χ2v) is 4.17. The maximum absolute atomic E-state index is 10.9. The van der Waals surface area contributed by atoms with Crippen LogP contribution in [-0.2, 0) is 0 Å². The van der Waals surface area contributed by atoms with Gasteiger partial charge in [0.2, 0.25) is 0 Å². The van der Waals surface area contributed by atoms with Gasteiger partial charge in [0, 0.05) is 9.50 Å². The van der Waals surface area contributed by atoms with Crippen LogP contribution in [0.25, 0.3) is 11.0 Å². The molecular formula is C9H5BrClN3O. The van der Waals surface area contributed by atoms with Crippen LogP contribution in [0.1, 0.15) is 10.5 Å². The SMILES string of the molecule is NC(=O)c1cnc2c(Br)cc(Cl)cc2n1. The monoisotopic (exact) mass is 285 g/mol. The number of aromatic nitrogens is 2. The lowest BCUT2D eigenvalue weighted by atomic mass is 10.3. The van der Waals surface area contributed by atoms with E-state index in [1.54, 1.807) is 12.1 Å². The van der Waals surface area contributed by atoms with Crippen LogP contribution in [0.15, 0.2) is 22.8 Å². The van der Waals surface area contributed by atoms with Crippen molar-refractivity contribution in [1.82, 2.24) is 9.97 Å². The summed E-state index contributed by atoms with van der Waals surface area (Å²) in [5.41, 5.74) is 6.39. The molecule has 0 atom stereocenters. The van der Waals surface area contributed by atoms with Gasteiger partial charge in [0.25, 0.3) is 5.91 Å². The smallest absolute Gasteiger partial charge is 0.268 e. The number of nitrogens with two attached hydrogens (primary N) is 1. The van der Waals surface area contributed by atoms with Crippen LogP contribution in [0, 0.1) is 0 Å². The van der Waals surface area contributed by atoms with Crippen molar-refractivity contribution in [3.05, 3.63) is 33.5 Å². The number of halogens is 2. The zero-order valence-corrected chi connectivity index (χ0v) is 9.71. The molecule has 0 saturated heterocycles. The summed E-state index contributed by atoms with van der Waals surface area (Å²) in [6.45, 7) is 0. The maximum Gasteiger partial charge on any atom is 0.268 e. The molecule has 0 unspecified atom stereocenters. The fraction of sp³-hybridized carbons (Fsp3) is 0. The first kappa shape index (κ1) is 10.3. The summed E-state index contributed by atoms with van der Waals surface area (Å²) >= 11 is 9.15. The largest absolute Gasteiger partial charge is 0.364 e. The van der Waals surface area contributed by atoms with Gasteiger partial charge in [-0.3, -0.25) is 9.78 Å². The van der Waals surface area contributed by atoms with Gasteiger partial charge in [-0.1, -0.05) is 11.6 Å². The van der Waals surface area contributed by atoms with E-state index in [1.807, 2.05) is 0 Å². The molecule has 0 aliphatic heterocycles. The van der Waals surface area contributed by atoms with Gasteiger partial charge in [-0.2, -0.15) is 0 Å². The van der Waals surface area contributed by atoms with Gasteiger partial charge in [0.05, 0.1) is 11.7 Å². The third kappa shape index (κ3) is 1.93. The highest BCUT2D eigenvalue weighted by molar-refractivity contribution is 9.10. The number of primary amides is 1. The fourth-order valence-corrected chi connectivity index (χ4v) is 2.06. The minimum Gasteiger partial charge on any atom is -0.364 e. The van der Waals surface area contributed by atoms with Crippen molar-refractivity contribution in [2.75, 3.05) is 0 Å². The first-order valence-electron chi connectivity index (χ1n) is 3.99. The predicted molar refractivity (Wildman–Crippen MR) is 60.8 cm³/mol. The topological polar surface area (TPSA) is 68.9 Å². The van der Waals surface area contributed by atoms with Gasteiger partial charge >= 0.3 is 0 Å². The van der Waals surface area contributed by atoms with E-state index in [0.717, 1.165) is 4.47 Å². The minimum atomic E-state index is -0.611. The lowest BCUT2D eigenvalue weighted by Crippen LogP contribution is -2.13. The summed E-state index contributed by atoms with van der Waals surface area (Å²) in [5.74, 6) is -0.611. The van der Waals surface area contributed by atoms with Crippen LogP contribution in [0.3, 0.4) is 0 Å². The summed E-state index contributed by atoms with van der Waals surface area (Å²) in [5, 5.41) is 0.519. The summed E-state index contributed by atoms with van der Waals surface area (Å²) in [7, 11) is 0. The lowest BCUT2D eigenvalue weighted by molar-refractivity contribution is 0.0995. The molecule has 0 aliphatic carbocycles. The molecule has 1 aromatic heterocycles. The van der Waals surface area contributed by atoms with E-state index < -0.39 is 5.91 Å². The van der Waals surface area contributed by atoms with Crippen molar-refractivity contribution in [1.29, 1.82) is 0 Å². The van der Waals surface area contributed by atoms with Gasteiger partial charge < -0.3 is 5.73 Å². The summed E-state index contributed by atoms with van der Waals surface area (Å²) < 4.78 is 0.730. The van der Waals surface area contributed by atoms with E-state index in [0.29, 0.717) is 16.1 Å². The molecule has 6 heteroatoms. The molecule has 76 valence electrons. The van der Waals surface area contributed by atoms with Gasteiger partial charge in [0.1, 0.15) is 11.2 Å². The van der Waals surface area contributed by atoms with Crippen molar-refractivity contribution in [3.8, 4) is 0 Å². The Balaban J connectivity index is 2.76. The molecule has 0 saturated carbocycles. The normalized spacial score (nSPS) is 10.5. The Morgan fingerprint density at radius 2 is 2.20 bits per heavy atom. The van der Waals surface area contributed by atoms with Crippen LogP contribution >= 0.6 is 27.5 Å². The fourth-order valence-electron chi connectivity index (χ4n) is 1.17. The second-order valence-electron chi connectivity index (χ2n) is 2.87. The molecule has 2 N–H and O–H groups in total. The number of hydrogen-bond donors (Lipinski definition) is 1. The van der Waals surface area contributed by atoms with Crippen LogP contribution < -0.4 is 5.73 Å². The Hall–Kier alpha value is -1.20. The number of amides is 1. The van der Waals surface area contributed by atoms with E-state index in [9.17, 15) is 4.79 Å². The highest BCUT2D eigenvalue weighted by atomic mass is 79.9. The average molecular weight is 287 g/mol. The lowest BCUT2D eigenvalue weighted by Gasteiger charge is -2.01. The molecule has 0 fully saturated rings. The molecule has 4 nitrogen and oxygen atoms in total. The predicted octanol–water partition coefficient (Wildman–Crippen LogP) is 2.14. The van der Waals surface area contributed by atoms with Crippen molar-refractivity contribution >= 4 is 44.5 Å². The standard InChI is InChI=1S/C9H5BrClN3O/c10-5-1-4(11)2-6-8(5)13-3-7(14-6)9(12)15/h1-3H,(H2,12,15). The molecule has 0 radical (unpaired) electrons. The van der Waals surface area contributed by atoms with E-state index >= 15 is 0 Å². The quantitative estimate of drug-likeness (QED) is 0.873. The zero-order chi connectivity index (χ0) is 11.0. The van der Waals surface area contributed by atoms with Crippen LogP contribution in [0.2, 0.25) is 5.02 Å². The number of fused-ring (bicyclic) bond motifs is 1. The average Bonchev–Trinajstić information content (AvgIpc) is 2.16.